The van der Waals surface area contributed by atoms with Crippen LogP contribution in [0.15, 0.2) is 59.8 Å². The van der Waals surface area contributed by atoms with Crippen molar-refractivity contribution < 1.29 is 4.79 Å². The molecule has 2 aromatic carbocycles. The molecule has 1 aliphatic carbocycles. The van der Waals surface area contributed by atoms with Crippen molar-refractivity contribution >= 4 is 28.8 Å². The van der Waals surface area contributed by atoms with E-state index in [4.69, 9.17) is 11.6 Å². The van der Waals surface area contributed by atoms with Crippen LogP contribution < -0.4 is 10.2 Å². The van der Waals surface area contributed by atoms with Gasteiger partial charge in [0.2, 0.25) is 0 Å². The first kappa shape index (κ1) is 19.1. The summed E-state index contributed by atoms with van der Waals surface area (Å²) >= 11 is 6.16. The molecule has 28 heavy (non-hydrogen) atoms. The van der Waals surface area contributed by atoms with Crippen molar-refractivity contribution in [2.75, 3.05) is 10.2 Å². The Morgan fingerprint density at radius 3 is 2.43 bits per heavy atom. The Bertz CT molecular complexity index is 943. The van der Waals surface area contributed by atoms with Gasteiger partial charge in [-0.3, -0.25) is 4.79 Å². The van der Waals surface area contributed by atoms with Crippen LogP contribution in [0.2, 0.25) is 5.02 Å². The van der Waals surface area contributed by atoms with Crippen molar-refractivity contribution in [1.29, 1.82) is 0 Å². The van der Waals surface area contributed by atoms with E-state index < -0.39 is 0 Å². The molecule has 0 spiro atoms. The zero-order valence-corrected chi connectivity index (χ0v) is 17.7. The number of nitrogens with one attached hydrogen (secondary N) is 1. The number of carbonyl (C=O) groups excluding carboxylic acids is 1. The van der Waals surface area contributed by atoms with Crippen LogP contribution in [0, 0.1) is 5.41 Å². The molecular weight excluding hydrogens is 368 g/mol. The predicted octanol–water partition coefficient (Wildman–Crippen LogP) is 6.36. The molecule has 0 bridgehead atoms. The minimum Gasteiger partial charge on any atom is -0.357 e. The van der Waals surface area contributed by atoms with Crippen molar-refractivity contribution in [2.24, 2.45) is 5.41 Å². The number of hydrogen-bond acceptors (Lipinski definition) is 3. The van der Waals surface area contributed by atoms with Gasteiger partial charge in [-0.25, -0.2) is 0 Å². The lowest BCUT2D eigenvalue weighted by molar-refractivity contribution is -0.118. The van der Waals surface area contributed by atoms with E-state index in [0.29, 0.717) is 11.4 Å². The molecule has 0 saturated heterocycles. The van der Waals surface area contributed by atoms with Crippen LogP contribution in [0.1, 0.15) is 52.1 Å². The highest BCUT2D eigenvalue weighted by Gasteiger charge is 2.41. The Morgan fingerprint density at radius 2 is 1.75 bits per heavy atom. The SMILES string of the molecule is CC(C)N1c2ccccc2NC2=C(C(=O)CC(C)(C)C2)C1c1ccc(Cl)cc1. The van der Waals surface area contributed by atoms with Crippen LogP contribution in [-0.4, -0.2) is 11.8 Å². The van der Waals surface area contributed by atoms with Crippen LogP contribution in [0.25, 0.3) is 0 Å². The molecule has 1 unspecified atom stereocenters. The largest absolute Gasteiger partial charge is 0.357 e. The standard InChI is InChI=1S/C24H27ClN2O/c1-15(2)27-20-8-6-5-7-18(20)26-19-13-24(3,4)14-21(28)22(19)23(27)16-9-11-17(25)12-10-16/h5-12,15,23,26H,13-14H2,1-4H3. The van der Waals surface area contributed by atoms with Gasteiger partial charge in [0, 0.05) is 28.8 Å². The Kier molecular flexibility index (Phi) is 4.75. The van der Waals surface area contributed by atoms with Gasteiger partial charge in [0.05, 0.1) is 17.4 Å². The summed E-state index contributed by atoms with van der Waals surface area (Å²) in [6, 6.07) is 16.4. The number of para-hydroxylation sites is 2. The molecule has 1 aliphatic heterocycles. The first-order valence-electron chi connectivity index (χ1n) is 9.93. The lowest BCUT2D eigenvalue weighted by atomic mass is 9.73. The summed E-state index contributed by atoms with van der Waals surface area (Å²) in [5.41, 5.74) is 5.18. The molecule has 0 saturated carbocycles. The van der Waals surface area contributed by atoms with E-state index in [1.807, 2.05) is 30.3 Å². The van der Waals surface area contributed by atoms with Crippen molar-refractivity contribution in [1.82, 2.24) is 0 Å². The van der Waals surface area contributed by atoms with Crippen LogP contribution >= 0.6 is 11.6 Å². The van der Waals surface area contributed by atoms with E-state index in [1.165, 1.54) is 0 Å². The van der Waals surface area contributed by atoms with Crippen LogP contribution in [0.4, 0.5) is 11.4 Å². The van der Waals surface area contributed by atoms with Crippen molar-refractivity contribution in [3.05, 3.63) is 70.4 Å². The summed E-state index contributed by atoms with van der Waals surface area (Å²) in [6.07, 6.45) is 1.43. The van der Waals surface area contributed by atoms with E-state index in [0.717, 1.165) is 34.6 Å². The number of allylic oxidation sites excluding steroid dienone is 1. The van der Waals surface area contributed by atoms with E-state index in [2.05, 4.69) is 56.1 Å². The second-order valence-electron chi connectivity index (χ2n) is 8.93. The summed E-state index contributed by atoms with van der Waals surface area (Å²) < 4.78 is 0. The smallest absolute Gasteiger partial charge is 0.163 e. The zero-order valence-electron chi connectivity index (χ0n) is 16.9. The average molecular weight is 395 g/mol. The van der Waals surface area contributed by atoms with Gasteiger partial charge in [-0.1, -0.05) is 49.7 Å². The van der Waals surface area contributed by atoms with E-state index in [-0.39, 0.29) is 23.3 Å². The maximum Gasteiger partial charge on any atom is 0.163 e. The second kappa shape index (κ2) is 6.97. The number of hydrogen-bond donors (Lipinski definition) is 1. The third kappa shape index (κ3) is 3.33. The highest BCUT2D eigenvalue weighted by atomic mass is 35.5. The minimum absolute atomic E-state index is 0.0462. The molecule has 2 aliphatic rings. The van der Waals surface area contributed by atoms with Crippen molar-refractivity contribution in [2.45, 2.75) is 52.6 Å². The van der Waals surface area contributed by atoms with Crippen LogP contribution in [-0.2, 0) is 4.79 Å². The average Bonchev–Trinajstić information content (AvgIpc) is 2.75. The number of anilines is 2. The molecular formula is C24H27ClN2O. The fourth-order valence-electron chi connectivity index (χ4n) is 4.56. The first-order valence-corrected chi connectivity index (χ1v) is 10.3. The highest BCUT2D eigenvalue weighted by Crippen LogP contribution is 2.48. The quantitative estimate of drug-likeness (QED) is 0.642. The summed E-state index contributed by atoms with van der Waals surface area (Å²) in [6.45, 7) is 8.71. The number of ketones is 1. The van der Waals surface area contributed by atoms with E-state index in [1.54, 1.807) is 0 Å². The number of halogens is 1. The third-order valence-corrected chi connectivity index (χ3v) is 5.93. The highest BCUT2D eigenvalue weighted by molar-refractivity contribution is 6.30. The summed E-state index contributed by atoms with van der Waals surface area (Å²) in [5.74, 6) is 0.233. The molecule has 0 fully saturated rings. The Morgan fingerprint density at radius 1 is 1.07 bits per heavy atom. The maximum atomic E-state index is 13.4. The van der Waals surface area contributed by atoms with Crippen molar-refractivity contribution in [3.8, 4) is 0 Å². The molecule has 0 amide bonds. The lowest BCUT2D eigenvalue weighted by Gasteiger charge is -2.40. The Hall–Kier alpha value is -2.26. The number of rotatable bonds is 2. The zero-order chi connectivity index (χ0) is 20.1. The van der Waals surface area contributed by atoms with E-state index >= 15 is 0 Å². The molecule has 1 atom stereocenters. The Labute approximate surface area is 172 Å². The van der Waals surface area contributed by atoms with Gasteiger partial charge in [-0.15, -0.1) is 0 Å². The lowest BCUT2D eigenvalue weighted by Crippen LogP contribution is -2.39. The van der Waals surface area contributed by atoms with Gasteiger partial charge < -0.3 is 10.2 Å². The van der Waals surface area contributed by atoms with Gasteiger partial charge in [0.1, 0.15) is 0 Å². The monoisotopic (exact) mass is 394 g/mol. The second-order valence-corrected chi connectivity index (χ2v) is 9.37. The number of fused-ring (bicyclic) bond motifs is 1. The van der Waals surface area contributed by atoms with Gasteiger partial charge in [-0.05, 0) is 55.5 Å². The molecule has 4 heteroatoms. The molecule has 2 aromatic rings. The summed E-state index contributed by atoms with van der Waals surface area (Å²) in [7, 11) is 0. The number of nitrogens with zero attached hydrogens (tertiary/aromatic N) is 1. The van der Waals surface area contributed by atoms with Gasteiger partial charge in [0.15, 0.2) is 5.78 Å². The number of benzene rings is 2. The fraction of sp³-hybridized carbons (Fsp3) is 0.375. The molecule has 1 N–H and O–H groups in total. The first-order chi connectivity index (χ1) is 13.3. The minimum atomic E-state index is -0.132. The molecule has 1 heterocycles. The number of Topliss-reactive ketones (excluding diaryl/α,β-unsaturated/α-hetero) is 1. The van der Waals surface area contributed by atoms with Crippen molar-refractivity contribution in [3.63, 3.8) is 0 Å². The fourth-order valence-corrected chi connectivity index (χ4v) is 4.68. The van der Waals surface area contributed by atoms with Crippen LogP contribution in [0.3, 0.4) is 0 Å². The molecule has 0 aromatic heterocycles. The van der Waals surface area contributed by atoms with Gasteiger partial charge >= 0.3 is 0 Å². The molecule has 0 radical (unpaired) electrons. The normalized spacial score (nSPS) is 21.1. The summed E-state index contributed by atoms with van der Waals surface area (Å²) in [4.78, 5) is 15.8. The van der Waals surface area contributed by atoms with Gasteiger partial charge in [-0.2, -0.15) is 0 Å². The maximum absolute atomic E-state index is 13.4. The third-order valence-electron chi connectivity index (χ3n) is 5.68. The molecule has 146 valence electrons. The van der Waals surface area contributed by atoms with Crippen LogP contribution in [0.5, 0.6) is 0 Å². The topological polar surface area (TPSA) is 32.3 Å². The van der Waals surface area contributed by atoms with Gasteiger partial charge in [0.25, 0.3) is 0 Å². The number of carbonyl (C=O) groups is 1. The Balaban J connectivity index is 1.99. The molecule has 3 nitrogen and oxygen atoms in total. The predicted molar refractivity (Wildman–Crippen MR) is 117 cm³/mol. The van der Waals surface area contributed by atoms with E-state index in [9.17, 15) is 4.79 Å². The molecule has 4 rings (SSSR count). The summed E-state index contributed by atoms with van der Waals surface area (Å²) in [5, 5.41) is 4.34.